The molecule has 0 aromatic heterocycles. The van der Waals surface area contributed by atoms with E-state index in [0.717, 1.165) is 0 Å². The summed E-state index contributed by atoms with van der Waals surface area (Å²) in [5.74, 6) is 0.987. The highest BCUT2D eigenvalue weighted by Gasteiger charge is 2.19. The molecule has 6 heteroatoms. The smallest absolute Gasteiger partial charge is 0.182 e. The fraction of sp³-hybridized carbons (Fsp3) is 0.455. The molecule has 0 atom stereocenters. The summed E-state index contributed by atoms with van der Waals surface area (Å²) in [6.45, 7) is 0. The Balaban J connectivity index is 3.12. The lowest BCUT2D eigenvalue weighted by Gasteiger charge is -2.10. The van der Waals surface area contributed by atoms with Crippen molar-refractivity contribution in [1.82, 2.24) is 0 Å². The van der Waals surface area contributed by atoms with Gasteiger partial charge in [-0.05, 0) is 18.6 Å². The van der Waals surface area contributed by atoms with Crippen LogP contribution in [0.2, 0.25) is 0 Å². The number of halogens is 1. The van der Waals surface area contributed by atoms with Crippen LogP contribution in [0.4, 0.5) is 0 Å². The van der Waals surface area contributed by atoms with Crippen molar-refractivity contribution in [3.63, 3.8) is 0 Å². The van der Waals surface area contributed by atoms with Crippen molar-refractivity contribution in [3.05, 3.63) is 18.2 Å². The Hall–Kier alpha value is -0.750. The lowest BCUT2D eigenvalue weighted by atomic mass is 10.3. The summed E-state index contributed by atoms with van der Waals surface area (Å²) in [5, 5.41) is 0.657. The molecular weight excluding hydrogens is 308 g/mol. The minimum Gasteiger partial charge on any atom is -0.497 e. The molecule has 0 saturated heterocycles. The van der Waals surface area contributed by atoms with Crippen LogP contribution in [0.15, 0.2) is 23.1 Å². The van der Waals surface area contributed by atoms with Crippen LogP contribution in [0.25, 0.3) is 0 Å². The van der Waals surface area contributed by atoms with Gasteiger partial charge < -0.3 is 9.47 Å². The first kappa shape index (κ1) is 14.3. The largest absolute Gasteiger partial charge is 0.497 e. The number of sulfone groups is 1. The van der Waals surface area contributed by atoms with E-state index in [-0.39, 0.29) is 10.6 Å². The number of methoxy groups -OCH3 is 2. The molecule has 0 spiro atoms. The molecule has 17 heavy (non-hydrogen) atoms. The van der Waals surface area contributed by atoms with Crippen LogP contribution in [0.5, 0.6) is 11.5 Å². The molecule has 0 saturated carbocycles. The fourth-order valence-electron chi connectivity index (χ4n) is 1.39. The van der Waals surface area contributed by atoms with Gasteiger partial charge in [0.15, 0.2) is 9.84 Å². The van der Waals surface area contributed by atoms with Gasteiger partial charge >= 0.3 is 0 Å². The van der Waals surface area contributed by atoms with Gasteiger partial charge in [0.2, 0.25) is 0 Å². The average Bonchev–Trinajstić information content (AvgIpc) is 2.35. The third-order valence-electron chi connectivity index (χ3n) is 2.25. The highest BCUT2D eigenvalue weighted by Crippen LogP contribution is 2.29. The van der Waals surface area contributed by atoms with Gasteiger partial charge in [-0.3, -0.25) is 0 Å². The second-order valence-electron chi connectivity index (χ2n) is 3.38. The van der Waals surface area contributed by atoms with E-state index in [9.17, 15) is 8.42 Å². The predicted molar refractivity (Wildman–Crippen MR) is 70.0 cm³/mol. The molecule has 0 aliphatic carbocycles. The van der Waals surface area contributed by atoms with Crippen molar-refractivity contribution in [2.75, 3.05) is 25.3 Å². The maximum absolute atomic E-state index is 12.0. The molecule has 0 amide bonds. The number of alkyl halides is 1. The van der Waals surface area contributed by atoms with E-state index in [0.29, 0.717) is 23.2 Å². The van der Waals surface area contributed by atoms with E-state index < -0.39 is 9.84 Å². The summed E-state index contributed by atoms with van der Waals surface area (Å²) in [6.07, 6.45) is 0.567. The van der Waals surface area contributed by atoms with Crippen LogP contribution in [0.1, 0.15) is 6.42 Å². The molecule has 0 aliphatic rings. The van der Waals surface area contributed by atoms with E-state index >= 15 is 0 Å². The van der Waals surface area contributed by atoms with Crippen molar-refractivity contribution < 1.29 is 17.9 Å². The Labute approximate surface area is 110 Å². The number of benzene rings is 1. The summed E-state index contributed by atoms with van der Waals surface area (Å²) in [6, 6.07) is 4.70. The highest BCUT2D eigenvalue weighted by molar-refractivity contribution is 9.09. The van der Waals surface area contributed by atoms with E-state index in [1.54, 1.807) is 12.1 Å². The molecule has 0 unspecified atom stereocenters. The van der Waals surface area contributed by atoms with Gasteiger partial charge in [0.25, 0.3) is 0 Å². The molecule has 4 nitrogen and oxygen atoms in total. The van der Waals surface area contributed by atoms with E-state index in [2.05, 4.69) is 15.9 Å². The van der Waals surface area contributed by atoms with Crippen molar-refractivity contribution in [2.24, 2.45) is 0 Å². The molecule has 0 bridgehead atoms. The maximum atomic E-state index is 12.0. The Morgan fingerprint density at radius 3 is 2.47 bits per heavy atom. The molecular formula is C11H15BrO4S. The quantitative estimate of drug-likeness (QED) is 0.754. The number of ether oxygens (including phenoxy) is 2. The third-order valence-corrected chi connectivity index (χ3v) is 4.65. The molecule has 96 valence electrons. The summed E-state index contributed by atoms with van der Waals surface area (Å²) < 4.78 is 34.2. The Kier molecular flexibility index (Phi) is 5.27. The normalized spacial score (nSPS) is 11.2. The highest BCUT2D eigenvalue weighted by atomic mass is 79.9. The molecule has 1 aromatic rings. The van der Waals surface area contributed by atoms with Crippen molar-refractivity contribution in [3.8, 4) is 11.5 Å². The van der Waals surface area contributed by atoms with E-state index in [1.807, 2.05) is 0 Å². The maximum Gasteiger partial charge on any atom is 0.182 e. The number of hydrogen-bond donors (Lipinski definition) is 0. The summed E-state index contributed by atoms with van der Waals surface area (Å²) >= 11 is 3.22. The van der Waals surface area contributed by atoms with Gasteiger partial charge in [-0.25, -0.2) is 8.42 Å². The Bertz CT molecular complexity index is 470. The number of rotatable bonds is 6. The lowest BCUT2D eigenvalue weighted by molar-refractivity contribution is 0.386. The molecule has 0 aliphatic heterocycles. The van der Waals surface area contributed by atoms with Gasteiger partial charge in [0.05, 0.1) is 20.0 Å². The molecule has 0 N–H and O–H groups in total. The van der Waals surface area contributed by atoms with Gasteiger partial charge in [0, 0.05) is 11.4 Å². The molecule has 1 rings (SSSR count). The van der Waals surface area contributed by atoms with Crippen molar-refractivity contribution in [2.45, 2.75) is 11.3 Å². The van der Waals surface area contributed by atoms with Crippen molar-refractivity contribution in [1.29, 1.82) is 0 Å². The first-order valence-corrected chi connectivity index (χ1v) is 7.83. The van der Waals surface area contributed by atoms with Gasteiger partial charge in [-0.15, -0.1) is 0 Å². The predicted octanol–water partition coefficient (Wildman–Crippen LogP) is 2.26. The van der Waals surface area contributed by atoms with Crippen LogP contribution in [-0.4, -0.2) is 33.7 Å². The Morgan fingerprint density at radius 1 is 1.24 bits per heavy atom. The molecule has 1 aromatic carbocycles. The fourth-order valence-corrected chi connectivity index (χ4v) is 3.51. The van der Waals surface area contributed by atoms with Crippen LogP contribution in [0.3, 0.4) is 0 Å². The third kappa shape index (κ3) is 3.61. The second kappa shape index (κ2) is 6.26. The van der Waals surface area contributed by atoms with Gasteiger partial charge in [-0.2, -0.15) is 0 Å². The molecule has 0 fully saturated rings. The van der Waals surface area contributed by atoms with E-state index in [1.165, 1.54) is 20.3 Å². The van der Waals surface area contributed by atoms with Gasteiger partial charge in [0.1, 0.15) is 16.4 Å². The topological polar surface area (TPSA) is 52.6 Å². The van der Waals surface area contributed by atoms with Crippen LogP contribution >= 0.6 is 15.9 Å². The van der Waals surface area contributed by atoms with Crippen molar-refractivity contribution >= 4 is 25.8 Å². The number of hydrogen-bond acceptors (Lipinski definition) is 4. The average molecular weight is 323 g/mol. The minimum atomic E-state index is -3.30. The Morgan fingerprint density at radius 2 is 1.94 bits per heavy atom. The summed E-state index contributed by atoms with van der Waals surface area (Å²) in [5.41, 5.74) is 0. The van der Waals surface area contributed by atoms with Crippen LogP contribution in [0, 0.1) is 0 Å². The first-order chi connectivity index (χ1) is 8.05. The monoisotopic (exact) mass is 322 g/mol. The summed E-state index contributed by atoms with van der Waals surface area (Å²) in [4.78, 5) is 0.210. The van der Waals surface area contributed by atoms with Crippen LogP contribution in [-0.2, 0) is 9.84 Å². The standard InChI is InChI=1S/C11H15BrO4S/c1-15-9-4-5-11(10(8-9)16-2)17(13,14)7-3-6-12/h4-5,8H,3,6-7H2,1-2H3. The zero-order valence-corrected chi connectivity index (χ0v) is 12.2. The molecule has 0 heterocycles. The van der Waals surface area contributed by atoms with Crippen LogP contribution < -0.4 is 9.47 Å². The first-order valence-electron chi connectivity index (χ1n) is 5.06. The minimum absolute atomic E-state index is 0.0982. The summed E-state index contributed by atoms with van der Waals surface area (Å²) in [7, 11) is -0.336. The lowest BCUT2D eigenvalue weighted by Crippen LogP contribution is -2.09. The SMILES string of the molecule is COc1ccc(S(=O)(=O)CCCBr)c(OC)c1. The molecule has 0 radical (unpaired) electrons. The second-order valence-corrected chi connectivity index (χ2v) is 6.25. The zero-order valence-electron chi connectivity index (χ0n) is 9.77. The zero-order chi connectivity index (χ0) is 12.9. The van der Waals surface area contributed by atoms with E-state index in [4.69, 9.17) is 9.47 Å². The van der Waals surface area contributed by atoms with Gasteiger partial charge in [-0.1, -0.05) is 15.9 Å².